The molecular weight excluding hydrogens is 291 g/mol. The molecule has 0 bridgehead atoms. The number of carbonyl (C=O) groups excluding carboxylic acids is 1. The highest BCUT2D eigenvalue weighted by molar-refractivity contribution is 7.91. The van der Waals surface area contributed by atoms with Gasteiger partial charge in [-0.3, -0.25) is 4.79 Å². The monoisotopic (exact) mass is 306 g/mol. The molecule has 0 aliphatic carbocycles. The van der Waals surface area contributed by atoms with E-state index in [2.05, 4.69) is 5.32 Å². The normalized spacial score (nSPS) is 22.0. The van der Waals surface area contributed by atoms with Gasteiger partial charge in [-0.1, -0.05) is 6.92 Å². The van der Waals surface area contributed by atoms with Crippen LogP contribution in [-0.4, -0.2) is 37.8 Å². The fourth-order valence-electron chi connectivity index (χ4n) is 2.10. The van der Waals surface area contributed by atoms with Crippen molar-refractivity contribution in [3.05, 3.63) is 17.3 Å². The average molecular weight is 306 g/mol. The largest absolute Gasteiger partial charge is 0.355 e. The lowest BCUT2D eigenvalue weighted by molar-refractivity contribution is -0.124. The second-order valence-electron chi connectivity index (χ2n) is 4.24. The van der Waals surface area contributed by atoms with Gasteiger partial charge in [0.1, 0.15) is 6.04 Å². The van der Waals surface area contributed by atoms with Gasteiger partial charge in [0.2, 0.25) is 5.91 Å². The third kappa shape index (κ3) is 2.65. The molecule has 1 aromatic heterocycles. The molecule has 0 radical (unpaired) electrons. The van der Waals surface area contributed by atoms with Crippen molar-refractivity contribution in [3.63, 3.8) is 0 Å². The first kappa shape index (κ1) is 14.4. The number of nitrogens with zero attached hydrogens (tertiary/aromatic N) is 1. The minimum absolute atomic E-state index is 0.219. The van der Waals surface area contributed by atoms with E-state index in [0.29, 0.717) is 19.4 Å². The Morgan fingerprint density at radius 2 is 2.32 bits per heavy atom. The van der Waals surface area contributed by atoms with E-state index < -0.39 is 21.9 Å². The number of hydrogen-bond donors (Lipinski definition) is 1. The van der Waals surface area contributed by atoms with Crippen LogP contribution in [0.4, 0.5) is 4.39 Å². The summed E-state index contributed by atoms with van der Waals surface area (Å²) in [5.74, 6) is -1.08. The fourth-order valence-corrected chi connectivity index (χ4v) is 5.01. The van der Waals surface area contributed by atoms with Crippen molar-refractivity contribution in [3.8, 4) is 0 Å². The number of sulfonamides is 1. The molecule has 2 rings (SSSR count). The highest BCUT2D eigenvalue weighted by Gasteiger charge is 2.37. The molecule has 1 aliphatic heterocycles. The smallest absolute Gasteiger partial charge is 0.256 e. The van der Waals surface area contributed by atoms with Crippen molar-refractivity contribution in [1.82, 2.24) is 9.62 Å². The zero-order chi connectivity index (χ0) is 14.0. The maximum atomic E-state index is 13.5. The quantitative estimate of drug-likeness (QED) is 0.912. The molecule has 1 atom stereocenters. The van der Waals surface area contributed by atoms with E-state index in [9.17, 15) is 17.6 Å². The van der Waals surface area contributed by atoms with Crippen LogP contribution in [0.25, 0.3) is 0 Å². The second-order valence-corrected chi connectivity index (χ2v) is 7.24. The van der Waals surface area contributed by atoms with E-state index >= 15 is 0 Å². The molecule has 1 aliphatic rings. The van der Waals surface area contributed by atoms with E-state index in [1.54, 1.807) is 6.92 Å². The Labute approximate surface area is 115 Å². The number of hydrogen-bond acceptors (Lipinski definition) is 4. The molecule has 1 saturated heterocycles. The molecule has 1 N–H and O–H groups in total. The summed E-state index contributed by atoms with van der Waals surface area (Å²) in [5.41, 5.74) is 0. The topological polar surface area (TPSA) is 66.5 Å². The SMILES string of the molecule is CC[C@@H]1C(=O)NCCCN1S(=O)(=O)c1sccc1F. The minimum atomic E-state index is -3.95. The van der Waals surface area contributed by atoms with E-state index in [-0.39, 0.29) is 16.7 Å². The van der Waals surface area contributed by atoms with E-state index in [0.717, 1.165) is 21.7 Å². The minimum Gasteiger partial charge on any atom is -0.355 e. The van der Waals surface area contributed by atoms with Crippen molar-refractivity contribution >= 4 is 27.3 Å². The number of amides is 1. The molecule has 1 fully saturated rings. The number of carbonyl (C=O) groups is 1. The third-order valence-corrected chi connectivity index (χ3v) is 6.34. The van der Waals surface area contributed by atoms with Crippen LogP contribution in [0.3, 0.4) is 0 Å². The predicted molar refractivity (Wildman–Crippen MR) is 69.9 cm³/mol. The molecule has 2 heterocycles. The van der Waals surface area contributed by atoms with E-state index in [1.807, 2.05) is 0 Å². The maximum Gasteiger partial charge on any atom is 0.256 e. The van der Waals surface area contributed by atoms with Crippen LogP contribution in [0.15, 0.2) is 15.7 Å². The van der Waals surface area contributed by atoms with Gasteiger partial charge in [-0.15, -0.1) is 11.3 Å². The molecule has 1 aromatic rings. The van der Waals surface area contributed by atoms with Gasteiger partial charge in [-0.2, -0.15) is 4.31 Å². The van der Waals surface area contributed by atoms with Crippen LogP contribution in [0.5, 0.6) is 0 Å². The summed E-state index contributed by atoms with van der Waals surface area (Å²) in [6.07, 6.45) is 0.881. The lowest BCUT2D eigenvalue weighted by Crippen LogP contribution is -2.46. The summed E-state index contributed by atoms with van der Waals surface area (Å²) >= 11 is 0.834. The zero-order valence-corrected chi connectivity index (χ0v) is 12.1. The lowest BCUT2D eigenvalue weighted by Gasteiger charge is -2.25. The summed E-state index contributed by atoms with van der Waals surface area (Å²) in [7, 11) is -3.95. The summed E-state index contributed by atoms with van der Waals surface area (Å²) in [6, 6.07) is 0.352. The maximum absolute atomic E-state index is 13.5. The molecule has 8 heteroatoms. The Morgan fingerprint density at radius 1 is 1.58 bits per heavy atom. The predicted octanol–water partition coefficient (Wildman–Crippen LogP) is 1.18. The molecule has 0 unspecified atom stereocenters. The molecule has 5 nitrogen and oxygen atoms in total. The van der Waals surface area contributed by atoms with Crippen LogP contribution in [0.2, 0.25) is 0 Å². The van der Waals surface area contributed by atoms with Crippen molar-refractivity contribution in [1.29, 1.82) is 0 Å². The van der Waals surface area contributed by atoms with E-state index in [1.165, 1.54) is 5.38 Å². The number of thiophene rings is 1. The number of rotatable bonds is 3. The molecule has 106 valence electrons. The summed E-state index contributed by atoms with van der Waals surface area (Å²) < 4.78 is 39.2. The summed E-state index contributed by atoms with van der Waals surface area (Å²) in [5, 5.41) is 4.06. The highest BCUT2D eigenvalue weighted by Crippen LogP contribution is 2.27. The summed E-state index contributed by atoms with van der Waals surface area (Å²) in [4.78, 5) is 11.8. The molecule has 1 amide bonds. The van der Waals surface area contributed by atoms with Crippen LogP contribution in [0, 0.1) is 5.82 Å². The van der Waals surface area contributed by atoms with Gasteiger partial charge in [-0.05, 0) is 24.3 Å². The van der Waals surface area contributed by atoms with Crippen LogP contribution >= 0.6 is 11.3 Å². The molecule has 0 saturated carbocycles. The van der Waals surface area contributed by atoms with Gasteiger partial charge in [0.15, 0.2) is 10.0 Å². The molecular formula is C11H15FN2O3S2. The molecule has 0 aromatic carbocycles. The van der Waals surface area contributed by atoms with Gasteiger partial charge in [0.25, 0.3) is 10.0 Å². The van der Waals surface area contributed by atoms with Gasteiger partial charge in [0.05, 0.1) is 0 Å². The zero-order valence-electron chi connectivity index (χ0n) is 10.4. The first-order chi connectivity index (χ1) is 8.98. The molecule has 19 heavy (non-hydrogen) atoms. The van der Waals surface area contributed by atoms with Crippen molar-refractivity contribution in [2.24, 2.45) is 0 Å². The Kier molecular flexibility index (Phi) is 4.22. The molecule has 0 spiro atoms. The highest BCUT2D eigenvalue weighted by atomic mass is 32.2. The summed E-state index contributed by atoms with van der Waals surface area (Å²) in [6.45, 7) is 2.40. The first-order valence-electron chi connectivity index (χ1n) is 6.01. The Bertz CT molecular complexity index is 570. The third-order valence-electron chi connectivity index (χ3n) is 3.02. The van der Waals surface area contributed by atoms with Crippen molar-refractivity contribution in [2.75, 3.05) is 13.1 Å². The standard InChI is InChI=1S/C11H15FN2O3S2/c1-2-9-10(15)13-5-3-6-14(9)19(16,17)11-8(12)4-7-18-11/h4,7,9H,2-3,5-6H2,1H3,(H,13,15)/t9-/m1/s1. The average Bonchev–Trinajstić information content (AvgIpc) is 2.70. The first-order valence-corrected chi connectivity index (χ1v) is 8.33. The Morgan fingerprint density at radius 3 is 2.89 bits per heavy atom. The van der Waals surface area contributed by atoms with E-state index in [4.69, 9.17) is 0 Å². The van der Waals surface area contributed by atoms with Gasteiger partial charge >= 0.3 is 0 Å². The Hall–Kier alpha value is -0.990. The Balaban J connectivity index is 2.42. The van der Waals surface area contributed by atoms with Gasteiger partial charge in [-0.25, -0.2) is 12.8 Å². The fraction of sp³-hybridized carbons (Fsp3) is 0.545. The van der Waals surface area contributed by atoms with Crippen LogP contribution in [-0.2, 0) is 14.8 Å². The number of nitrogens with one attached hydrogen (secondary N) is 1. The van der Waals surface area contributed by atoms with Gasteiger partial charge in [0, 0.05) is 13.1 Å². The second kappa shape index (κ2) is 5.56. The van der Waals surface area contributed by atoms with Crippen LogP contribution < -0.4 is 5.32 Å². The number of halogens is 1. The van der Waals surface area contributed by atoms with Crippen molar-refractivity contribution in [2.45, 2.75) is 30.0 Å². The van der Waals surface area contributed by atoms with Crippen LogP contribution in [0.1, 0.15) is 19.8 Å². The lowest BCUT2D eigenvalue weighted by atomic mass is 10.2. The van der Waals surface area contributed by atoms with Crippen molar-refractivity contribution < 1.29 is 17.6 Å². The van der Waals surface area contributed by atoms with Gasteiger partial charge < -0.3 is 5.32 Å².